The Morgan fingerprint density at radius 3 is 3.00 bits per heavy atom. The van der Waals surface area contributed by atoms with E-state index in [0.29, 0.717) is 5.82 Å². The van der Waals surface area contributed by atoms with Crippen molar-refractivity contribution in [2.24, 2.45) is 0 Å². The van der Waals surface area contributed by atoms with Crippen molar-refractivity contribution in [3.05, 3.63) is 18.4 Å². The van der Waals surface area contributed by atoms with E-state index in [1.165, 1.54) is 4.68 Å². The molecule has 0 aromatic carbocycles. The molecular weight excluding hydrogens is 130 g/mol. The summed E-state index contributed by atoms with van der Waals surface area (Å²) in [6.45, 7) is 0. The number of fused-ring (bicyclic) bond motifs is 1. The fourth-order valence-electron chi connectivity index (χ4n) is 0.964. The number of nitrogen functional groups attached to an aromatic ring is 2. The predicted octanol–water partition coefficient (Wildman–Crippen LogP) is 0.530. The second kappa shape index (κ2) is 1.47. The Balaban J connectivity index is 2.95. The largest absolute Gasteiger partial charge is 0.463 e. The summed E-state index contributed by atoms with van der Waals surface area (Å²) in [6, 6.07) is 3.46. The zero-order valence-electron chi connectivity index (χ0n) is 5.24. The number of aromatic nitrogens is 1. The Morgan fingerprint density at radius 1 is 1.50 bits per heavy atom. The van der Waals surface area contributed by atoms with Crippen LogP contribution >= 0.6 is 0 Å². The van der Waals surface area contributed by atoms with E-state index in [9.17, 15) is 0 Å². The molecule has 2 aromatic rings. The van der Waals surface area contributed by atoms with Crippen molar-refractivity contribution in [1.29, 1.82) is 0 Å². The van der Waals surface area contributed by atoms with E-state index in [-0.39, 0.29) is 0 Å². The van der Waals surface area contributed by atoms with Gasteiger partial charge in [0.15, 0.2) is 5.58 Å². The zero-order chi connectivity index (χ0) is 7.14. The van der Waals surface area contributed by atoms with Gasteiger partial charge in [0.2, 0.25) is 0 Å². The lowest BCUT2D eigenvalue weighted by Crippen LogP contribution is -2.10. The summed E-state index contributed by atoms with van der Waals surface area (Å²) in [5.74, 6) is 6.02. The van der Waals surface area contributed by atoms with Gasteiger partial charge in [0.1, 0.15) is 11.3 Å². The maximum Gasteiger partial charge on any atom is 0.155 e. The smallest absolute Gasteiger partial charge is 0.155 e. The molecule has 0 bridgehead atoms. The fourth-order valence-corrected chi connectivity index (χ4v) is 0.964. The molecule has 4 nitrogen and oxygen atoms in total. The molecule has 4 heteroatoms. The monoisotopic (exact) mass is 137 g/mol. The summed E-state index contributed by atoms with van der Waals surface area (Å²) in [5, 5.41) is 0. The molecule has 0 aliphatic carbocycles. The van der Waals surface area contributed by atoms with E-state index in [1.807, 2.05) is 0 Å². The van der Waals surface area contributed by atoms with Gasteiger partial charge in [-0.15, -0.1) is 0 Å². The van der Waals surface area contributed by atoms with Gasteiger partial charge in [-0.2, -0.15) is 0 Å². The number of rotatable bonds is 0. The number of nitrogens with two attached hydrogens (primary N) is 2. The van der Waals surface area contributed by atoms with Crippen LogP contribution in [0.2, 0.25) is 0 Å². The second-order valence-electron chi connectivity index (χ2n) is 2.11. The van der Waals surface area contributed by atoms with Crippen molar-refractivity contribution in [1.82, 2.24) is 4.68 Å². The first-order valence-electron chi connectivity index (χ1n) is 2.88. The molecule has 0 amide bonds. The number of nitrogens with zero attached hydrogens (tertiary/aromatic N) is 1. The van der Waals surface area contributed by atoms with E-state index >= 15 is 0 Å². The standard InChI is InChI=1S/C6H7N3O/c7-6-3-5-4(9(6)8)1-2-10-5/h1-3H,7-8H2. The third-order valence-corrected chi connectivity index (χ3v) is 1.49. The van der Waals surface area contributed by atoms with Gasteiger partial charge < -0.3 is 16.0 Å². The van der Waals surface area contributed by atoms with Crippen molar-refractivity contribution >= 4 is 16.9 Å². The molecule has 4 N–H and O–H groups in total. The first kappa shape index (κ1) is 5.22. The van der Waals surface area contributed by atoms with Gasteiger partial charge in [0, 0.05) is 12.1 Å². The molecular formula is C6H7N3O. The Bertz CT molecular complexity index is 360. The summed E-state index contributed by atoms with van der Waals surface area (Å²) in [4.78, 5) is 0. The molecule has 0 saturated heterocycles. The van der Waals surface area contributed by atoms with Crippen LogP contribution in [0.1, 0.15) is 0 Å². The van der Waals surface area contributed by atoms with E-state index in [2.05, 4.69) is 0 Å². The topological polar surface area (TPSA) is 70.1 Å². The third kappa shape index (κ3) is 0.452. The van der Waals surface area contributed by atoms with Gasteiger partial charge in [-0.3, -0.25) is 0 Å². The predicted molar refractivity (Wildman–Crippen MR) is 38.8 cm³/mol. The average Bonchev–Trinajstić information content (AvgIpc) is 2.41. The highest BCUT2D eigenvalue weighted by molar-refractivity contribution is 5.79. The molecule has 0 aliphatic rings. The van der Waals surface area contributed by atoms with Gasteiger partial charge in [-0.05, 0) is 0 Å². The molecule has 2 rings (SSSR count). The molecule has 0 atom stereocenters. The average molecular weight is 137 g/mol. The molecule has 52 valence electrons. The Labute approximate surface area is 57.0 Å². The van der Waals surface area contributed by atoms with Crippen LogP contribution in [0.25, 0.3) is 11.1 Å². The molecule has 0 fully saturated rings. The van der Waals surface area contributed by atoms with Crippen molar-refractivity contribution in [2.75, 3.05) is 11.6 Å². The van der Waals surface area contributed by atoms with Crippen molar-refractivity contribution < 1.29 is 4.42 Å². The quantitative estimate of drug-likeness (QED) is 0.520. The van der Waals surface area contributed by atoms with Gasteiger partial charge in [0.25, 0.3) is 0 Å². The highest BCUT2D eigenvalue weighted by Crippen LogP contribution is 2.18. The molecule has 2 heterocycles. The fraction of sp³-hybridized carbons (Fsp3) is 0. The molecule has 0 saturated carbocycles. The molecule has 0 aliphatic heterocycles. The summed E-state index contributed by atoms with van der Waals surface area (Å²) in [5.41, 5.74) is 7.01. The maximum absolute atomic E-state index is 5.51. The normalized spacial score (nSPS) is 10.8. The lowest BCUT2D eigenvalue weighted by Gasteiger charge is -1.93. The number of hydrogen-bond donors (Lipinski definition) is 2. The van der Waals surface area contributed by atoms with Crippen LogP contribution in [0, 0.1) is 0 Å². The Kier molecular flexibility index (Phi) is 0.768. The van der Waals surface area contributed by atoms with Crippen LogP contribution in [0.3, 0.4) is 0 Å². The summed E-state index contributed by atoms with van der Waals surface area (Å²) in [6.07, 6.45) is 1.58. The molecule has 0 spiro atoms. The first-order chi connectivity index (χ1) is 4.79. The van der Waals surface area contributed by atoms with Crippen LogP contribution in [-0.2, 0) is 0 Å². The SMILES string of the molecule is Nc1cc2occc2n1N. The highest BCUT2D eigenvalue weighted by atomic mass is 16.3. The first-order valence-corrected chi connectivity index (χ1v) is 2.88. The van der Waals surface area contributed by atoms with Gasteiger partial charge in [-0.1, -0.05) is 0 Å². The molecule has 2 aromatic heterocycles. The highest BCUT2D eigenvalue weighted by Gasteiger charge is 2.03. The second-order valence-corrected chi connectivity index (χ2v) is 2.11. The molecule has 0 radical (unpaired) electrons. The van der Waals surface area contributed by atoms with Crippen LogP contribution < -0.4 is 11.6 Å². The number of furan rings is 1. The maximum atomic E-state index is 5.51. The minimum Gasteiger partial charge on any atom is -0.463 e. The van der Waals surface area contributed by atoms with Crippen LogP contribution in [0.5, 0.6) is 0 Å². The van der Waals surface area contributed by atoms with Gasteiger partial charge in [-0.25, -0.2) is 4.68 Å². The zero-order valence-corrected chi connectivity index (χ0v) is 5.24. The van der Waals surface area contributed by atoms with E-state index < -0.39 is 0 Å². The third-order valence-electron chi connectivity index (χ3n) is 1.49. The molecule has 10 heavy (non-hydrogen) atoms. The van der Waals surface area contributed by atoms with E-state index in [0.717, 1.165) is 11.1 Å². The molecule has 0 unspecified atom stereocenters. The summed E-state index contributed by atoms with van der Waals surface area (Å²) >= 11 is 0. The lowest BCUT2D eigenvalue weighted by atomic mass is 10.5. The Morgan fingerprint density at radius 2 is 2.30 bits per heavy atom. The summed E-state index contributed by atoms with van der Waals surface area (Å²) in [7, 11) is 0. The number of hydrogen-bond acceptors (Lipinski definition) is 3. The van der Waals surface area contributed by atoms with Crippen LogP contribution in [-0.4, -0.2) is 4.68 Å². The van der Waals surface area contributed by atoms with Crippen LogP contribution in [0.15, 0.2) is 22.8 Å². The number of anilines is 1. The van der Waals surface area contributed by atoms with E-state index in [4.69, 9.17) is 16.0 Å². The van der Waals surface area contributed by atoms with Crippen LogP contribution in [0.4, 0.5) is 5.82 Å². The lowest BCUT2D eigenvalue weighted by molar-refractivity contribution is 0.616. The summed E-state index contributed by atoms with van der Waals surface area (Å²) < 4.78 is 6.43. The van der Waals surface area contributed by atoms with Gasteiger partial charge >= 0.3 is 0 Å². The van der Waals surface area contributed by atoms with E-state index in [1.54, 1.807) is 18.4 Å². The van der Waals surface area contributed by atoms with Crippen molar-refractivity contribution in [3.63, 3.8) is 0 Å². The Hall–Kier alpha value is -1.58. The van der Waals surface area contributed by atoms with Crippen molar-refractivity contribution in [3.8, 4) is 0 Å². The minimum absolute atomic E-state index is 0.509. The van der Waals surface area contributed by atoms with Crippen molar-refractivity contribution in [2.45, 2.75) is 0 Å². The van der Waals surface area contributed by atoms with Gasteiger partial charge in [0.05, 0.1) is 6.26 Å². The minimum atomic E-state index is 0.509.